The molecule has 1 atom stereocenters. The topological polar surface area (TPSA) is 33.0 Å². The molecule has 0 unspecified atom stereocenters. The van der Waals surface area contributed by atoms with Gasteiger partial charge in [0, 0.05) is 0 Å². The first-order chi connectivity index (χ1) is 7.10. The Morgan fingerprint density at radius 3 is 2.33 bits per heavy atom. The van der Waals surface area contributed by atoms with Gasteiger partial charge in [0.15, 0.2) is 0 Å². The van der Waals surface area contributed by atoms with Crippen LogP contribution in [0.1, 0.15) is 36.1 Å². The predicted octanol–water partition coefficient (Wildman–Crippen LogP) is 3.39. The van der Waals surface area contributed by atoms with E-state index in [0.717, 1.165) is 5.56 Å². The van der Waals surface area contributed by atoms with Gasteiger partial charge in [0.25, 0.3) is 6.26 Å². The highest BCUT2D eigenvalue weighted by atomic mass is 19.1. The highest BCUT2D eigenvalue weighted by molar-refractivity contribution is 5.31. The van der Waals surface area contributed by atoms with Gasteiger partial charge in [0.1, 0.15) is 11.9 Å². The normalized spacial score (nSPS) is 11.9. The van der Waals surface area contributed by atoms with E-state index in [1.165, 1.54) is 0 Å². The first-order valence-corrected chi connectivity index (χ1v) is 4.91. The Morgan fingerprint density at radius 2 is 1.93 bits per heavy atom. The molecule has 0 aliphatic carbocycles. The van der Waals surface area contributed by atoms with Gasteiger partial charge >= 0.3 is 0 Å². The number of nitrogens with zero attached hydrogens (tertiary/aromatic N) is 1. The summed E-state index contributed by atoms with van der Waals surface area (Å²) in [5.74, 6) is -0.189. The van der Waals surface area contributed by atoms with Crippen molar-refractivity contribution in [3.05, 3.63) is 34.6 Å². The van der Waals surface area contributed by atoms with Crippen molar-refractivity contribution >= 4 is 0 Å². The lowest BCUT2D eigenvalue weighted by Gasteiger charge is -2.14. The average Bonchev–Trinajstić information content (AvgIpc) is 2.22. The average molecular weight is 207 g/mol. The lowest BCUT2D eigenvalue weighted by atomic mass is 10.0. The molecule has 0 bridgehead atoms. The number of benzene rings is 1. The van der Waals surface area contributed by atoms with Crippen LogP contribution in [-0.2, 0) is 4.74 Å². The Morgan fingerprint density at radius 1 is 1.40 bits per heavy atom. The highest BCUT2D eigenvalue weighted by Gasteiger charge is 2.13. The first kappa shape index (κ1) is 11.5. The molecule has 0 heterocycles. The second kappa shape index (κ2) is 4.79. The van der Waals surface area contributed by atoms with E-state index in [1.54, 1.807) is 32.2 Å². The molecule has 0 aliphatic rings. The van der Waals surface area contributed by atoms with Crippen LogP contribution in [0.15, 0.2) is 12.1 Å². The lowest BCUT2D eigenvalue weighted by Crippen LogP contribution is -2.02. The number of halogens is 1. The number of nitriles is 1. The van der Waals surface area contributed by atoms with Crippen molar-refractivity contribution in [1.82, 2.24) is 0 Å². The Kier molecular flexibility index (Phi) is 3.68. The minimum Gasteiger partial charge on any atom is -0.419 e. The molecule has 0 N–H and O–H groups in total. The van der Waals surface area contributed by atoms with Crippen LogP contribution in [-0.4, -0.2) is 0 Å². The maximum Gasteiger partial charge on any atom is 0.286 e. The zero-order valence-electron chi connectivity index (χ0n) is 9.17. The third kappa shape index (κ3) is 2.47. The SMILES string of the molecule is CC[C@@H](OC#N)c1cc(C)c(F)c(C)c1. The fraction of sp³-hybridized carbons (Fsp3) is 0.417. The van der Waals surface area contributed by atoms with E-state index in [1.807, 2.05) is 6.92 Å². The summed E-state index contributed by atoms with van der Waals surface area (Å²) in [7, 11) is 0. The molecule has 1 aromatic rings. The summed E-state index contributed by atoms with van der Waals surface area (Å²) in [5, 5.41) is 8.48. The number of hydrogen-bond donors (Lipinski definition) is 0. The van der Waals surface area contributed by atoms with Crippen LogP contribution in [0.3, 0.4) is 0 Å². The monoisotopic (exact) mass is 207 g/mol. The van der Waals surface area contributed by atoms with Gasteiger partial charge < -0.3 is 4.74 Å². The molecule has 80 valence electrons. The Hall–Kier alpha value is -1.56. The largest absolute Gasteiger partial charge is 0.419 e. The smallest absolute Gasteiger partial charge is 0.286 e. The molecule has 0 amide bonds. The van der Waals surface area contributed by atoms with E-state index in [0.29, 0.717) is 17.5 Å². The minimum absolute atomic E-state index is 0.189. The molecule has 1 aromatic carbocycles. The molecular weight excluding hydrogens is 193 g/mol. The molecule has 0 saturated carbocycles. The number of rotatable bonds is 3. The van der Waals surface area contributed by atoms with Crippen molar-refractivity contribution < 1.29 is 9.13 Å². The molecule has 0 aliphatic heterocycles. The van der Waals surface area contributed by atoms with Gasteiger partial charge in [-0.25, -0.2) is 4.39 Å². The highest BCUT2D eigenvalue weighted by Crippen LogP contribution is 2.24. The standard InChI is InChI=1S/C12H14FNO/c1-4-11(15-7-14)10-5-8(2)12(13)9(3)6-10/h5-6,11H,4H2,1-3H3/t11-/m1/s1. The van der Waals surface area contributed by atoms with Gasteiger partial charge in [-0.15, -0.1) is 0 Å². The summed E-state index contributed by atoms with van der Waals surface area (Å²) < 4.78 is 18.3. The second-order valence-electron chi connectivity index (χ2n) is 3.57. The van der Waals surface area contributed by atoms with Crippen LogP contribution in [0.2, 0.25) is 0 Å². The minimum atomic E-state index is -0.270. The van der Waals surface area contributed by atoms with Crippen molar-refractivity contribution in [2.45, 2.75) is 33.3 Å². The van der Waals surface area contributed by atoms with E-state index in [9.17, 15) is 4.39 Å². The summed E-state index contributed by atoms with van der Waals surface area (Å²) in [4.78, 5) is 0. The second-order valence-corrected chi connectivity index (χ2v) is 3.57. The fourth-order valence-electron chi connectivity index (χ4n) is 1.62. The van der Waals surface area contributed by atoms with Gasteiger partial charge in [-0.2, -0.15) is 5.26 Å². The summed E-state index contributed by atoms with van der Waals surface area (Å²) in [6.45, 7) is 5.35. The molecular formula is C12H14FNO. The quantitative estimate of drug-likeness (QED) is 0.712. The Labute approximate surface area is 89.3 Å². The fourth-order valence-corrected chi connectivity index (χ4v) is 1.62. The van der Waals surface area contributed by atoms with Crippen LogP contribution >= 0.6 is 0 Å². The van der Waals surface area contributed by atoms with Crippen LogP contribution in [0.5, 0.6) is 0 Å². The molecule has 0 spiro atoms. The van der Waals surface area contributed by atoms with Gasteiger partial charge in [-0.1, -0.05) is 6.92 Å². The molecule has 0 radical (unpaired) electrons. The van der Waals surface area contributed by atoms with E-state index < -0.39 is 0 Å². The third-order valence-electron chi connectivity index (χ3n) is 2.40. The maximum absolute atomic E-state index is 13.4. The number of hydrogen-bond acceptors (Lipinski definition) is 2. The maximum atomic E-state index is 13.4. The van der Waals surface area contributed by atoms with Crippen LogP contribution in [0.4, 0.5) is 4.39 Å². The molecule has 0 fully saturated rings. The van der Waals surface area contributed by atoms with Crippen LogP contribution in [0, 0.1) is 31.2 Å². The molecule has 3 heteroatoms. The van der Waals surface area contributed by atoms with E-state index in [2.05, 4.69) is 0 Å². The summed E-state index contributed by atoms with van der Waals surface area (Å²) >= 11 is 0. The number of ether oxygens (including phenoxy) is 1. The van der Waals surface area contributed by atoms with Crippen LogP contribution < -0.4 is 0 Å². The van der Waals surface area contributed by atoms with Gasteiger partial charge in [0.2, 0.25) is 0 Å². The summed E-state index contributed by atoms with van der Waals surface area (Å²) in [6.07, 6.45) is 2.10. The summed E-state index contributed by atoms with van der Waals surface area (Å²) in [6, 6.07) is 3.46. The molecule has 0 saturated heterocycles. The molecule has 1 rings (SSSR count). The summed E-state index contributed by atoms with van der Waals surface area (Å²) in [5.41, 5.74) is 2.03. The first-order valence-electron chi connectivity index (χ1n) is 4.91. The van der Waals surface area contributed by atoms with E-state index in [4.69, 9.17) is 10.00 Å². The molecule has 0 aromatic heterocycles. The predicted molar refractivity (Wildman–Crippen MR) is 55.6 cm³/mol. The molecule has 15 heavy (non-hydrogen) atoms. The van der Waals surface area contributed by atoms with Gasteiger partial charge in [-0.05, 0) is 49.1 Å². The van der Waals surface area contributed by atoms with Crippen molar-refractivity contribution in [3.63, 3.8) is 0 Å². The van der Waals surface area contributed by atoms with E-state index in [-0.39, 0.29) is 11.9 Å². The Balaban J connectivity index is 3.10. The van der Waals surface area contributed by atoms with Crippen molar-refractivity contribution in [3.8, 4) is 6.26 Å². The van der Waals surface area contributed by atoms with Crippen LogP contribution in [0.25, 0.3) is 0 Å². The van der Waals surface area contributed by atoms with Gasteiger partial charge in [0.05, 0.1) is 0 Å². The number of aryl methyl sites for hydroxylation is 2. The molecule has 2 nitrogen and oxygen atoms in total. The van der Waals surface area contributed by atoms with Gasteiger partial charge in [-0.3, -0.25) is 0 Å². The zero-order chi connectivity index (χ0) is 11.4. The van der Waals surface area contributed by atoms with E-state index >= 15 is 0 Å². The van der Waals surface area contributed by atoms with Crippen molar-refractivity contribution in [2.75, 3.05) is 0 Å². The zero-order valence-corrected chi connectivity index (χ0v) is 9.17. The third-order valence-corrected chi connectivity index (χ3v) is 2.40. The Bertz CT molecular complexity index is 372. The van der Waals surface area contributed by atoms with Crippen molar-refractivity contribution in [1.29, 1.82) is 5.26 Å². The van der Waals surface area contributed by atoms with Crippen molar-refractivity contribution in [2.24, 2.45) is 0 Å². The lowest BCUT2D eigenvalue weighted by molar-refractivity contribution is 0.159.